The van der Waals surface area contributed by atoms with Crippen LogP contribution in [-0.4, -0.2) is 45.7 Å². The number of amides is 1. The summed E-state index contributed by atoms with van der Waals surface area (Å²) in [5.41, 5.74) is 2.20. The molecule has 0 saturated carbocycles. The van der Waals surface area contributed by atoms with Crippen LogP contribution in [0.1, 0.15) is 47.7 Å². The second-order valence-electron chi connectivity index (χ2n) is 8.17. The Morgan fingerprint density at radius 2 is 1.91 bits per heavy atom. The zero-order chi connectivity index (χ0) is 22.9. The van der Waals surface area contributed by atoms with Gasteiger partial charge in [-0.2, -0.15) is 0 Å². The van der Waals surface area contributed by atoms with E-state index in [1.54, 1.807) is 30.3 Å². The van der Waals surface area contributed by atoms with Crippen LogP contribution in [0.3, 0.4) is 0 Å². The van der Waals surface area contributed by atoms with Crippen LogP contribution in [0.2, 0.25) is 0 Å². The third-order valence-corrected chi connectivity index (χ3v) is 5.76. The number of likely N-dealkylation sites (tertiary alicyclic amines) is 1. The lowest BCUT2D eigenvalue weighted by Crippen LogP contribution is -2.34. The van der Waals surface area contributed by atoms with Crippen molar-refractivity contribution in [3.05, 3.63) is 83.4 Å². The number of carboxylic acids is 1. The first-order valence-electron chi connectivity index (χ1n) is 11.0. The van der Waals surface area contributed by atoms with Gasteiger partial charge in [0.25, 0.3) is 0 Å². The fourth-order valence-corrected chi connectivity index (χ4v) is 3.70. The number of nitrogens with zero attached hydrogens (tertiary/aromatic N) is 1. The van der Waals surface area contributed by atoms with E-state index >= 15 is 0 Å². The summed E-state index contributed by atoms with van der Waals surface area (Å²) in [5, 5.41) is 19.5. The van der Waals surface area contributed by atoms with E-state index in [0.29, 0.717) is 25.8 Å². The predicted octanol–water partition coefficient (Wildman–Crippen LogP) is 3.91. The number of carboxylic acid groups (broad SMARTS) is 1. The molecule has 1 fully saturated rings. The minimum Gasteiger partial charge on any atom is -0.478 e. The molecule has 2 N–H and O–H groups in total. The fraction of sp³-hybridized carbons (Fsp3) is 0.333. The van der Waals surface area contributed by atoms with Crippen molar-refractivity contribution in [3.8, 4) is 11.8 Å². The Balaban J connectivity index is 1.52. The van der Waals surface area contributed by atoms with Gasteiger partial charge >= 0.3 is 5.97 Å². The molecule has 2 aromatic carbocycles. The largest absolute Gasteiger partial charge is 0.478 e. The number of hydrogen-bond acceptors (Lipinski definition) is 3. The Hall–Kier alpha value is -3.36. The molecule has 2 aromatic rings. The molecule has 0 radical (unpaired) electrons. The van der Waals surface area contributed by atoms with Gasteiger partial charge in [0, 0.05) is 24.9 Å². The van der Waals surface area contributed by atoms with Crippen molar-refractivity contribution in [2.45, 2.75) is 44.8 Å². The number of aromatic carboxylic acids is 1. The van der Waals surface area contributed by atoms with Crippen LogP contribution < -0.4 is 0 Å². The van der Waals surface area contributed by atoms with Crippen LogP contribution in [0.15, 0.2) is 66.7 Å². The maximum Gasteiger partial charge on any atom is 0.335 e. The summed E-state index contributed by atoms with van der Waals surface area (Å²) in [4.78, 5) is 25.2. The number of benzene rings is 2. The number of carbonyl (C=O) groups is 2. The molecule has 5 heteroatoms. The summed E-state index contributed by atoms with van der Waals surface area (Å²) < 4.78 is 0. The molecule has 1 unspecified atom stereocenters. The van der Waals surface area contributed by atoms with Gasteiger partial charge in [0.05, 0.1) is 17.7 Å². The second kappa shape index (κ2) is 11.3. The summed E-state index contributed by atoms with van der Waals surface area (Å²) in [7, 11) is 0. The SMILES string of the molecule is C[C@@H](CC#Cc1ccccc1)[C@H](O)C=CC1CCC(=O)N1CCc1ccc(C(=O)O)cc1. The van der Waals surface area contributed by atoms with Crippen LogP contribution in [0.4, 0.5) is 0 Å². The van der Waals surface area contributed by atoms with Gasteiger partial charge in [-0.05, 0) is 48.6 Å². The normalized spacial score (nSPS) is 17.8. The van der Waals surface area contributed by atoms with Crippen molar-refractivity contribution in [2.75, 3.05) is 6.54 Å². The first kappa shape index (κ1) is 23.3. The molecule has 32 heavy (non-hydrogen) atoms. The second-order valence-corrected chi connectivity index (χ2v) is 8.17. The highest BCUT2D eigenvalue weighted by molar-refractivity contribution is 5.87. The van der Waals surface area contributed by atoms with Gasteiger partial charge in [0.2, 0.25) is 5.91 Å². The van der Waals surface area contributed by atoms with Crippen molar-refractivity contribution in [2.24, 2.45) is 5.92 Å². The van der Waals surface area contributed by atoms with Gasteiger partial charge in [0.15, 0.2) is 0 Å². The van der Waals surface area contributed by atoms with Gasteiger partial charge in [-0.1, -0.05) is 61.2 Å². The third-order valence-electron chi connectivity index (χ3n) is 5.76. The van der Waals surface area contributed by atoms with Gasteiger partial charge in [0.1, 0.15) is 0 Å². The van der Waals surface area contributed by atoms with Gasteiger partial charge in [-0.3, -0.25) is 4.79 Å². The van der Waals surface area contributed by atoms with E-state index in [2.05, 4.69) is 11.8 Å². The summed E-state index contributed by atoms with van der Waals surface area (Å²) in [5.74, 6) is 5.39. The Labute approximate surface area is 189 Å². The van der Waals surface area contributed by atoms with Crippen LogP contribution >= 0.6 is 0 Å². The molecule has 0 spiro atoms. The van der Waals surface area contributed by atoms with E-state index in [4.69, 9.17) is 5.11 Å². The molecule has 1 aliphatic rings. The number of aliphatic hydroxyl groups is 1. The summed E-state index contributed by atoms with van der Waals surface area (Å²) in [6.07, 6.45) is 5.57. The van der Waals surface area contributed by atoms with Crippen LogP contribution in [0, 0.1) is 17.8 Å². The average Bonchev–Trinajstić information content (AvgIpc) is 3.16. The number of aliphatic hydroxyl groups excluding tert-OH is 1. The number of rotatable bonds is 8. The Morgan fingerprint density at radius 1 is 1.19 bits per heavy atom. The van der Waals surface area contributed by atoms with Gasteiger partial charge < -0.3 is 15.1 Å². The van der Waals surface area contributed by atoms with Gasteiger partial charge in [-0.15, -0.1) is 0 Å². The minimum atomic E-state index is -0.949. The molecule has 1 amide bonds. The Morgan fingerprint density at radius 3 is 2.59 bits per heavy atom. The topological polar surface area (TPSA) is 77.8 Å². The molecule has 1 saturated heterocycles. The standard InChI is InChI=1S/C27H29NO4/c1-20(6-5-9-21-7-3-2-4-8-21)25(29)16-14-24-15-17-26(30)28(24)19-18-22-10-12-23(13-11-22)27(31)32/h2-4,7-8,10-14,16,20,24-25,29H,6,15,17-19H2,1H3,(H,31,32)/t20-,24?,25+/m0/s1. The molecular weight excluding hydrogens is 402 g/mol. The van der Waals surface area contributed by atoms with Gasteiger partial charge in [-0.25, -0.2) is 4.79 Å². The Kier molecular flexibility index (Phi) is 8.24. The van der Waals surface area contributed by atoms with E-state index in [1.165, 1.54) is 0 Å². The fourth-order valence-electron chi connectivity index (χ4n) is 3.70. The predicted molar refractivity (Wildman–Crippen MR) is 124 cm³/mol. The number of carbonyl (C=O) groups excluding carboxylic acids is 1. The summed E-state index contributed by atoms with van der Waals surface area (Å²) in [6.45, 7) is 2.53. The van der Waals surface area contributed by atoms with Crippen LogP contribution in [0.5, 0.6) is 0 Å². The Bertz CT molecular complexity index is 1000. The zero-order valence-corrected chi connectivity index (χ0v) is 18.3. The lowest BCUT2D eigenvalue weighted by Gasteiger charge is -2.23. The minimum absolute atomic E-state index is 0.0132. The summed E-state index contributed by atoms with van der Waals surface area (Å²) in [6, 6.07) is 16.5. The smallest absolute Gasteiger partial charge is 0.335 e. The molecule has 0 aromatic heterocycles. The molecular formula is C27H29NO4. The molecule has 1 heterocycles. The molecule has 1 aliphatic heterocycles. The molecule has 166 valence electrons. The van der Waals surface area contributed by atoms with Crippen molar-refractivity contribution in [3.63, 3.8) is 0 Å². The quantitative estimate of drug-likeness (QED) is 0.491. The zero-order valence-electron chi connectivity index (χ0n) is 18.3. The molecule has 0 bridgehead atoms. The highest BCUT2D eigenvalue weighted by atomic mass is 16.4. The lowest BCUT2D eigenvalue weighted by molar-refractivity contribution is -0.128. The lowest BCUT2D eigenvalue weighted by atomic mass is 9.99. The highest BCUT2D eigenvalue weighted by Crippen LogP contribution is 2.21. The van der Waals surface area contributed by atoms with Crippen molar-refractivity contribution in [1.29, 1.82) is 0 Å². The number of hydrogen-bond donors (Lipinski definition) is 2. The first-order valence-corrected chi connectivity index (χ1v) is 11.0. The van der Waals surface area contributed by atoms with Crippen LogP contribution in [-0.2, 0) is 11.2 Å². The highest BCUT2D eigenvalue weighted by Gasteiger charge is 2.28. The first-order chi connectivity index (χ1) is 15.4. The molecule has 3 rings (SSSR count). The molecule has 3 atom stereocenters. The van der Waals surface area contributed by atoms with Crippen molar-refractivity contribution < 1.29 is 19.8 Å². The maximum absolute atomic E-state index is 12.3. The molecule has 0 aliphatic carbocycles. The van der Waals surface area contributed by atoms with Crippen molar-refractivity contribution >= 4 is 11.9 Å². The molecule has 5 nitrogen and oxygen atoms in total. The third kappa shape index (κ3) is 6.57. The summed E-state index contributed by atoms with van der Waals surface area (Å²) >= 11 is 0. The van der Waals surface area contributed by atoms with E-state index in [0.717, 1.165) is 17.5 Å². The van der Waals surface area contributed by atoms with E-state index in [1.807, 2.05) is 48.2 Å². The van der Waals surface area contributed by atoms with E-state index in [9.17, 15) is 14.7 Å². The van der Waals surface area contributed by atoms with Crippen LogP contribution in [0.25, 0.3) is 0 Å². The average molecular weight is 432 g/mol. The van der Waals surface area contributed by atoms with Crippen molar-refractivity contribution in [1.82, 2.24) is 4.90 Å². The monoisotopic (exact) mass is 431 g/mol. The maximum atomic E-state index is 12.3. The van der Waals surface area contributed by atoms with E-state index in [-0.39, 0.29) is 23.4 Å². The van der Waals surface area contributed by atoms with E-state index < -0.39 is 12.1 Å².